The first kappa shape index (κ1) is 16.2. The summed E-state index contributed by atoms with van der Waals surface area (Å²) in [5.74, 6) is 2.28. The topological polar surface area (TPSA) is 70.2 Å². The molecule has 0 radical (unpaired) electrons. The Morgan fingerprint density at radius 1 is 1.25 bits per heavy atom. The van der Waals surface area contributed by atoms with Gasteiger partial charge in [-0.15, -0.1) is 0 Å². The summed E-state index contributed by atoms with van der Waals surface area (Å²) >= 11 is 0. The second-order valence-electron chi connectivity index (χ2n) is 5.87. The number of nitrogens with one attached hydrogen (secondary N) is 2. The van der Waals surface area contributed by atoms with Gasteiger partial charge in [-0.3, -0.25) is 4.79 Å². The monoisotopic (exact) mass is 279 g/mol. The minimum Gasteiger partial charge on any atom is -0.373 e. The maximum atomic E-state index is 11.5. The van der Waals surface area contributed by atoms with E-state index in [1.807, 2.05) is 25.9 Å². The summed E-state index contributed by atoms with van der Waals surface area (Å²) in [7, 11) is 5.32. The van der Waals surface area contributed by atoms with Crippen molar-refractivity contribution in [2.75, 3.05) is 37.9 Å². The molecule has 1 rings (SSSR count). The summed E-state index contributed by atoms with van der Waals surface area (Å²) in [6.45, 7) is 8.42. The molecule has 6 heteroatoms. The average molecular weight is 279 g/mol. The van der Waals surface area contributed by atoms with Crippen LogP contribution < -0.4 is 15.5 Å². The third-order valence-electron chi connectivity index (χ3n) is 3.05. The number of hydrogen-bond acceptors (Lipinski definition) is 5. The standard InChI is InChI=1S/C14H25N5O/c1-9-11(16-6)17-13(14(2,3)4)18-12(9)19(7)8-10(20)15-5/h8H2,1-7H3,(H,15,20)(H,16,17,18). The Labute approximate surface area is 121 Å². The van der Waals surface area contributed by atoms with Gasteiger partial charge in [0.25, 0.3) is 0 Å². The van der Waals surface area contributed by atoms with Gasteiger partial charge in [0.1, 0.15) is 17.5 Å². The molecule has 1 aromatic rings. The third kappa shape index (κ3) is 3.59. The molecule has 2 N–H and O–H groups in total. The van der Waals surface area contributed by atoms with Crippen molar-refractivity contribution in [3.63, 3.8) is 0 Å². The summed E-state index contributed by atoms with van der Waals surface area (Å²) in [5.41, 5.74) is 0.786. The number of anilines is 2. The van der Waals surface area contributed by atoms with E-state index in [0.717, 1.165) is 23.0 Å². The van der Waals surface area contributed by atoms with Crippen molar-refractivity contribution < 1.29 is 4.79 Å². The molecule has 0 saturated carbocycles. The highest BCUT2D eigenvalue weighted by molar-refractivity contribution is 5.81. The molecule has 6 nitrogen and oxygen atoms in total. The summed E-state index contributed by atoms with van der Waals surface area (Å²) in [5, 5.41) is 5.71. The first-order valence-corrected chi connectivity index (χ1v) is 6.69. The van der Waals surface area contributed by atoms with E-state index in [9.17, 15) is 4.79 Å². The van der Waals surface area contributed by atoms with E-state index in [1.165, 1.54) is 0 Å². The van der Waals surface area contributed by atoms with Gasteiger partial charge >= 0.3 is 0 Å². The van der Waals surface area contributed by atoms with Crippen LogP contribution in [0.15, 0.2) is 0 Å². The van der Waals surface area contributed by atoms with Gasteiger partial charge < -0.3 is 15.5 Å². The van der Waals surface area contributed by atoms with E-state index in [4.69, 9.17) is 0 Å². The van der Waals surface area contributed by atoms with Crippen LogP contribution in [-0.2, 0) is 10.2 Å². The van der Waals surface area contributed by atoms with Crippen LogP contribution in [0.4, 0.5) is 11.6 Å². The van der Waals surface area contributed by atoms with E-state index >= 15 is 0 Å². The maximum absolute atomic E-state index is 11.5. The predicted octanol–water partition coefficient (Wildman–Crippen LogP) is 1.31. The third-order valence-corrected chi connectivity index (χ3v) is 3.05. The number of carbonyl (C=O) groups excluding carboxylic acids is 1. The molecule has 20 heavy (non-hydrogen) atoms. The molecule has 0 aliphatic rings. The lowest BCUT2D eigenvalue weighted by molar-refractivity contribution is -0.119. The number of carbonyl (C=O) groups is 1. The van der Waals surface area contributed by atoms with Crippen molar-refractivity contribution in [1.82, 2.24) is 15.3 Å². The Balaban J connectivity index is 3.27. The molecule has 0 aliphatic heterocycles. The van der Waals surface area contributed by atoms with Gasteiger partial charge in [0, 0.05) is 32.1 Å². The Morgan fingerprint density at radius 3 is 2.30 bits per heavy atom. The van der Waals surface area contributed by atoms with Crippen LogP contribution in [0.3, 0.4) is 0 Å². The van der Waals surface area contributed by atoms with Crippen molar-refractivity contribution in [1.29, 1.82) is 0 Å². The molecule has 0 atom stereocenters. The SMILES string of the molecule is CNC(=O)CN(C)c1nc(C(C)(C)C)nc(NC)c1C. The highest BCUT2D eigenvalue weighted by Gasteiger charge is 2.22. The van der Waals surface area contributed by atoms with Crippen molar-refractivity contribution in [3.8, 4) is 0 Å². The largest absolute Gasteiger partial charge is 0.373 e. The second-order valence-corrected chi connectivity index (χ2v) is 5.87. The molecule has 112 valence electrons. The maximum Gasteiger partial charge on any atom is 0.239 e. The van der Waals surface area contributed by atoms with Crippen molar-refractivity contribution in [2.45, 2.75) is 33.1 Å². The Morgan fingerprint density at radius 2 is 1.85 bits per heavy atom. The van der Waals surface area contributed by atoms with Crippen LogP contribution >= 0.6 is 0 Å². The van der Waals surface area contributed by atoms with Gasteiger partial charge in [0.15, 0.2) is 0 Å². The van der Waals surface area contributed by atoms with Gasteiger partial charge in [0.05, 0.1) is 6.54 Å². The Hall–Kier alpha value is -1.85. The van der Waals surface area contributed by atoms with E-state index in [-0.39, 0.29) is 17.9 Å². The Bertz CT molecular complexity index is 493. The lowest BCUT2D eigenvalue weighted by Crippen LogP contribution is -2.34. The zero-order chi connectivity index (χ0) is 15.5. The molecule has 0 unspecified atom stereocenters. The van der Waals surface area contributed by atoms with E-state index in [0.29, 0.717) is 0 Å². The van der Waals surface area contributed by atoms with Crippen LogP contribution in [0, 0.1) is 6.92 Å². The van der Waals surface area contributed by atoms with Crippen LogP contribution in [0.1, 0.15) is 32.2 Å². The van der Waals surface area contributed by atoms with E-state index in [1.54, 1.807) is 7.05 Å². The van der Waals surface area contributed by atoms with Crippen LogP contribution in [0.25, 0.3) is 0 Å². The average Bonchev–Trinajstić information content (AvgIpc) is 2.37. The van der Waals surface area contributed by atoms with Crippen molar-refractivity contribution in [3.05, 3.63) is 11.4 Å². The fourth-order valence-electron chi connectivity index (χ4n) is 1.82. The van der Waals surface area contributed by atoms with Crippen LogP contribution in [-0.4, -0.2) is 43.6 Å². The molecule has 1 heterocycles. The van der Waals surface area contributed by atoms with Crippen molar-refractivity contribution >= 4 is 17.5 Å². The quantitative estimate of drug-likeness (QED) is 0.869. The smallest absolute Gasteiger partial charge is 0.239 e. The molecule has 0 saturated heterocycles. The normalized spacial score (nSPS) is 11.2. The number of likely N-dealkylation sites (N-methyl/N-ethyl adjacent to an activating group) is 2. The summed E-state index contributed by atoms with van der Waals surface area (Å²) in [6.07, 6.45) is 0. The molecular weight excluding hydrogens is 254 g/mol. The molecule has 0 bridgehead atoms. The summed E-state index contributed by atoms with van der Waals surface area (Å²) < 4.78 is 0. The van der Waals surface area contributed by atoms with Gasteiger partial charge in [-0.25, -0.2) is 9.97 Å². The van der Waals surface area contributed by atoms with Gasteiger partial charge in [-0.2, -0.15) is 0 Å². The summed E-state index contributed by atoms with van der Waals surface area (Å²) in [4.78, 5) is 22.6. The molecule has 0 aliphatic carbocycles. The molecular formula is C14H25N5O. The van der Waals surface area contributed by atoms with Gasteiger partial charge in [0.2, 0.25) is 5.91 Å². The number of rotatable bonds is 4. The zero-order valence-electron chi connectivity index (χ0n) is 13.5. The lowest BCUT2D eigenvalue weighted by atomic mass is 9.95. The van der Waals surface area contributed by atoms with Crippen LogP contribution in [0.5, 0.6) is 0 Å². The molecule has 1 aromatic heterocycles. The second kappa shape index (κ2) is 6.07. The van der Waals surface area contributed by atoms with E-state index in [2.05, 4.69) is 41.4 Å². The first-order chi connectivity index (χ1) is 9.20. The summed E-state index contributed by atoms with van der Waals surface area (Å²) in [6, 6.07) is 0. The van der Waals surface area contributed by atoms with Gasteiger partial charge in [-0.1, -0.05) is 20.8 Å². The molecule has 0 aromatic carbocycles. The zero-order valence-corrected chi connectivity index (χ0v) is 13.5. The van der Waals surface area contributed by atoms with Gasteiger partial charge in [-0.05, 0) is 6.92 Å². The minimum absolute atomic E-state index is 0.0474. The number of aromatic nitrogens is 2. The number of nitrogens with zero attached hydrogens (tertiary/aromatic N) is 3. The predicted molar refractivity (Wildman–Crippen MR) is 82.4 cm³/mol. The van der Waals surface area contributed by atoms with Crippen molar-refractivity contribution in [2.24, 2.45) is 0 Å². The lowest BCUT2D eigenvalue weighted by Gasteiger charge is -2.24. The Kier molecular flexibility index (Phi) is 4.92. The molecule has 1 amide bonds. The first-order valence-electron chi connectivity index (χ1n) is 6.69. The highest BCUT2D eigenvalue weighted by Crippen LogP contribution is 2.27. The van der Waals surface area contributed by atoms with E-state index < -0.39 is 0 Å². The number of hydrogen-bond donors (Lipinski definition) is 2. The number of amides is 1. The molecule has 0 fully saturated rings. The highest BCUT2D eigenvalue weighted by atomic mass is 16.1. The fraction of sp³-hybridized carbons (Fsp3) is 0.643. The minimum atomic E-state index is -0.151. The molecule has 0 spiro atoms. The van der Waals surface area contributed by atoms with Crippen LogP contribution in [0.2, 0.25) is 0 Å². The fourth-order valence-corrected chi connectivity index (χ4v) is 1.82.